The molecule has 0 radical (unpaired) electrons. The van der Waals surface area contributed by atoms with Crippen LogP contribution in [0.5, 0.6) is 5.75 Å². The Labute approximate surface area is 129 Å². The van der Waals surface area contributed by atoms with Gasteiger partial charge in [0.2, 0.25) is 5.16 Å². The van der Waals surface area contributed by atoms with Gasteiger partial charge in [0.15, 0.2) is 5.82 Å². The number of aromatic nitrogens is 3. The second-order valence-electron chi connectivity index (χ2n) is 5.94. The highest BCUT2D eigenvalue weighted by atomic mass is 32.2. The molecule has 0 aliphatic heterocycles. The van der Waals surface area contributed by atoms with Gasteiger partial charge in [-0.05, 0) is 19.1 Å². The molecular weight excluding hydrogens is 284 g/mol. The SMILES string of the molecule is Cc1ccc(OCCSc2nnc(C(C)(C)C)n2N)cc1. The van der Waals surface area contributed by atoms with E-state index in [1.165, 1.54) is 5.56 Å². The third-order valence-corrected chi connectivity index (χ3v) is 3.85. The van der Waals surface area contributed by atoms with Gasteiger partial charge in [-0.1, -0.05) is 50.2 Å². The van der Waals surface area contributed by atoms with Gasteiger partial charge in [-0.2, -0.15) is 0 Å². The Kier molecular flexibility index (Phi) is 4.77. The van der Waals surface area contributed by atoms with E-state index in [0.29, 0.717) is 11.8 Å². The van der Waals surface area contributed by atoms with E-state index in [9.17, 15) is 0 Å². The fourth-order valence-corrected chi connectivity index (χ4v) is 2.49. The quantitative estimate of drug-likeness (QED) is 0.523. The molecule has 2 rings (SSSR count). The lowest BCUT2D eigenvalue weighted by molar-refractivity contribution is 0.344. The highest BCUT2D eigenvalue weighted by Gasteiger charge is 2.22. The minimum atomic E-state index is -0.112. The number of hydrogen-bond acceptors (Lipinski definition) is 5. The molecule has 0 aliphatic carbocycles. The molecule has 2 aromatic rings. The Balaban J connectivity index is 1.84. The maximum atomic E-state index is 6.03. The van der Waals surface area contributed by atoms with Gasteiger partial charge in [-0.15, -0.1) is 10.2 Å². The van der Waals surface area contributed by atoms with E-state index in [-0.39, 0.29) is 5.41 Å². The lowest BCUT2D eigenvalue weighted by atomic mass is 9.96. The number of hydrogen-bond donors (Lipinski definition) is 1. The molecule has 0 fully saturated rings. The normalized spacial score (nSPS) is 11.6. The summed E-state index contributed by atoms with van der Waals surface area (Å²) in [5.41, 5.74) is 1.11. The van der Waals surface area contributed by atoms with Crippen molar-refractivity contribution in [3.8, 4) is 5.75 Å². The van der Waals surface area contributed by atoms with Crippen molar-refractivity contribution in [2.75, 3.05) is 18.2 Å². The van der Waals surface area contributed by atoms with E-state index in [0.717, 1.165) is 17.3 Å². The second-order valence-corrected chi connectivity index (χ2v) is 7.00. The van der Waals surface area contributed by atoms with Crippen LogP contribution in [0.3, 0.4) is 0 Å². The molecule has 0 bridgehead atoms. The molecule has 1 heterocycles. The van der Waals surface area contributed by atoms with Crippen LogP contribution in [0.2, 0.25) is 0 Å². The van der Waals surface area contributed by atoms with Gasteiger partial charge >= 0.3 is 0 Å². The molecule has 1 aromatic carbocycles. The monoisotopic (exact) mass is 306 g/mol. The van der Waals surface area contributed by atoms with Crippen LogP contribution < -0.4 is 10.6 Å². The van der Waals surface area contributed by atoms with Crippen molar-refractivity contribution in [2.45, 2.75) is 38.3 Å². The van der Waals surface area contributed by atoms with Gasteiger partial charge in [0.05, 0.1) is 6.61 Å². The molecule has 21 heavy (non-hydrogen) atoms. The number of benzene rings is 1. The van der Waals surface area contributed by atoms with Crippen LogP contribution in [0.4, 0.5) is 0 Å². The van der Waals surface area contributed by atoms with Crippen molar-refractivity contribution in [3.63, 3.8) is 0 Å². The summed E-state index contributed by atoms with van der Waals surface area (Å²) in [5.74, 6) is 8.46. The summed E-state index contributed by atoms with van der Waals surface area (Å²) in [6.07, 6.45) is 0. The third-order valence-electron chi connectivity index (χ3n) is 2.94. The Morgan fingerprint density at radius 1 is 1.19 bits per heavy atom. The summed E-state index contributed by atoms with van der Waals surface area (Å²) < 4.78 is 7.24. The lowest BCUT2D eigenvalue weighted by Crippen LogP contribution is -2.24. The Morgan fingerprint density at radius 2 is 1.86 bits per heavy atom. The predicted octanol–water partition coefficient (Wildman–Crippen LogP) is 2.77. The summed E-state index contributed by atoms with van der Waals surface area (Å²) in [6.45, 7) is 8.85. The molecule has 0 aliphatic rings. The molecule has 0 saturated heterocycles. The van der Waals surface area contributed by atoms with Crippen LogP contribution in [0.15, 0.2) is 29.4 Å². The van der Waals surface area contributed by atoms with E-state index in [1.807, 2.05) is 24.3 Å². The topological polar surface area (TPSA) is 66.0 Å². The van der Waals surface area contributed by atoms with Crippen molar-refractivity contribution >= 4 is 11.8 Å². The molecule has 6 heteroatoms. The Hall–Kier alpha value is -1.69. The molecular formula is C15H22N4OS. The number of nitrogens with zero attached hydrogens (tertiary/aromatic N) is 3. The van der Waals surface area contributed by atoms with Gasteiger partial charge in [0.1, 0.15) is 5.75 Å². The van der Waals surface area contributed by atoms with Crippen LogP contribution in [0.25, 0.3) is 0 Å². The first kappa shape index (κ1) is 15.7. The zero-order valence-corrected chi connectivity index (χ0v) is 13.8. The first-order chi connectivity index (χ1) is 9.88. The second kappa shape index (κ2) is 6.39. The van der Waals surface area contributed by atoms with E-state index in [4.69, 9.17) is 10.6 Å². The van der Waals surface area contributed by atoms with E-state index < -0.39 is 0 Å². The molecule has 0 spiro atoms. The van der Waals surface area contributed by atoms with E-state index >= 15 is 0 Å². The van der Waals surface area contributed by atoms with Crippen molar-refractivity contribution in [1.29, 1.82) is 0 Å². The maximum Gasteiger partial charge on any atom is 0.209 e. The van der Waals surface area contributed by atoms with Crippen LogP contribution in [0, 0.1) is 6.92 Å². The molecule has 0 saturated carbocycles. The number of nitrogens with two attached hydrogens (primary N) is 1. The average molecular weight is 306 g/mol. The first-order valence-corrected chi connectivity index (χ1v) is 7.90. The van der Waals surface area contributed by atoms with Crippen LogP contribution >= 0.6 is 11.8 Å². The standard InChI is InChI=1S/C15H22N4OS/c1-11-5-7-12(8-6-11)20-9-10-21-14-18-17-13(19(14)16)15(2,3)4/h5-8H,9-10,16H2,1-4H3. The van der Waals surface area contributed by atoms with Gasteiger partial charge in [0, 0.05) is 11.2 Å². The van der Waals surface area contributed by atoms with Gasteiger partial charge in [0.25, 0.3) is 0 Å². The number of aryl methyl sites for hydroxylation is 1. The van der Waals surface area contributed by atoms with Gasteiger partial charge in [-0.25, -0.2) is 4.68 Å². The molecule has 0 amide bonds. The maximum absolute atomic E-state index is 6.03. The predicted molar refractivity (Wildman–Crippen MR) is 86.3 cm³/mol. The largest absolute Gasteiger partial charge is 0.493 e. The third kappa shape index (κ3) is 4.14. The minimum absolute atomic E-state index is 0.112. The summed E-state index contributed by atoms with van der Waals surface area (Å²) in [6, 6.07) is 8.02. The highest BCUT2D eigenvalue weighted by molar-refractivity contribution is 7.99. The summed E-state index contributed by atoms with van der Waals surface area (Å²) in [4.78, 5) is 0. The van der Waals surface area contributed by atoms with Crippen LogP contribution in [0.1, 0.15) is 32.2 Å². The number of nitrogen functional groups attached to an aromatic ring is 1. The summed E-state index contributed by atoms with van der Waals surface area (Å²) >= 11 is 1.55. The number of ether oxygens (including phenoxy) is 1. The number of rotatable bonds is 5. The molecule has 0 atom stereocenters. The smallest absolute Gasteiger partial charge is 0.209 e. The molecule has 1 aromatic heterocycles. The Morgan fingerprint density at radius 3 is 2.43 bits per heavy atom. The average Bonchev–Trinajstić information content (AvgIpc) is 2.78. The lowest BCUT2D eigenvalue weighted by Gasteiger charge is -2.16. The van der Waals surface area contributed by atoms with Crippen molar-refractivity contribution in [1.82, 2.24) is 14.9 Å². The fraction of sp³-hybridized carbons (Fsp3) is 0.467. The van der Waals surface area contributed by atoms with E-state index in [2.05, 4.69) is 37.9 Å². The van der Waals surface area contributed by atoms with Gasteiger partial charge < -0.3 is 10.6 Å². The zero-order valence-electron chi connectivity index (χ0n) is 13.0. The van der Waals surface area contributed by atoms with Crippen molar-refractivity contribution < 1.29 is 4.74 Å². The molecule has 2 N–H and O–H groups in total. The Bertz CT molecular complexity index is 587. The van der Waals surface area contributed by atoms with Crippen molar-refractivity contribution in [3.05, 3.63) is 35.7 Å². The van der Waals surface area contributed by atoms with Crippen LogP contribution in [-0.2, 0) is 5.41 Å². The molecule has 5 nitrogen and oxygen atoms in total. The number of thioether (sulfide) groups is 1. The zero-order chi connectivity index (χ0) is 15.5. The fourth-order valence-electron chi connectivity index (χ4n) is 1.81. The molecule has 0 unspecified atom stereocenters. The summed E-state index contributed by atoms with van der Waals surface area (Å²) in [7, 11) is 0. The van der Waals surface area contributed by atoms with Crippen molar-refractivity contribution in [2.24, 2.45) is 0 Å². The highest BCUT2D eigenvalue weighted by Crippen LogP contribution is 2.23. The summed E-state index contributed by atoms with van der Waals surface area (Å²) in [5, 5.41) is 9.01. The van der Waals surface area contributed by atoms with E-state index in [1.54, 1.807) is 16.4 Å². The van der Waals surface area contributed by atoms with Gasteiger partial charge in [-0.3, -0.25) is 0 Å². The minimum Gasteiger partial charge on any atom is -0.493 e. The first-order valence-electron chi connectivity index (χ1n) is 6.91. The molecule has 114 valence electrons. The van der Waals surface area contributed by atoms with Crippen LogP contribution in [-0.4, -0.2) is 27.2 Å².